The molecule has 0 spiro atoms. The molecule has 7 heteroatoms. The fraction of sp³-hybridized carbons (Fsp3) is 0.350. The predicted molar refractivity (Wildman–Crippen MR) is 109 cm³/mol. The van der Waals surface area contributed by atoms with E-state index in [1.165, 1.54) is 4.31 Å². The van der Waals surface area contributed by atoms with E-state index in [9.17, 15) is 13.2 Å². The summed E-state index contributed by atoms with van der Waals surface area (Å²) in [5.74, 6) is -0.244. The number of amides is 1. The number of hydrogen-bond donors (Lipinski definition) is 1. The normalized spacial score (nSPS) is 19.4. The lowest BCUT2D eigenvalue weighted by atomic mass is 10.0. The Hall–Kier alpha value is -1.70. The molecule has 0 bridgehead atoms. The summed E-state index contributed by atoms with van der Waals surface area (Å²) in [6.45, 7) is 2.26. The summed E-state index contributed by atoms with van der Waals surface area (Å²) < 4.78 is 28.4. The van der Waals surface area contributed by atoms with E-state index in [2.05, 4.69) is 21.2 Å². The van der Waals surface area contributed by atoms with Gasteiger partial charge in [0.05, 0.1) is 10.9 Å². The quantitative estimate of drug-likeness (QED) is 0.751. The first-order valence-electron chi connectivity index (χ1n) is 9.02. The van der Waals surface area contributed by atoms with Crippen LogP contribution in [0.2, 0.25) is 0 Å². The molecule has 1 aliphatic rings. The summed E-state index contributed by atoms with van der Waals surface area (Å²) in [4.78, 5) is 13.1. The maximum absolute atomic E-state index is 13.1. The molecule has 27 heavy (non-hydrogen) atoms. The van der Waals surface area contributed by atoms with Crippen LogP contribution in [-0.2, 0) is 14.8 Å². The molecule has 2 unspecified atom stereocenters. The fourth-order valence-corrected chi connectivity index (χ4v) is 5.25. The molecule has 1 fully saturated rings. The second-order valence-corrected chi connectivity index (χ2v) is 9.53. The molecule has 2 atom stereocenters. The van der Waals surface area contributed by atoms with Crippen LogP contribution < -0.4 is 5.32 Å². The number of carbonyl (C=O) groups excluding carboxylic acids is 1. The van der Waals surface area contributed by atoms with Crippen molar-refractivity contribution >= 4 is 31.9 Å². The topological polar surface area (TPSA) is 66.5 Å². The van der Waals surface area contributed by atoms with Crippen molar-refractivity contribution in [2.24, 2.45) is 0 Å². The van der Waals surface area contributed by atoms with Gasteiger partial charge in [0.25, 0.3) is 0 Å². The zero-order valence-electron chi connectivity index (χ0n) is 15.1. The molecule has 1 N–H and O–H groups in total. The molecule has 2 aromatic carbocycles. The largest absolute Gasteiger partial charge is 0.348 e. The standard InChI is InChI=1S/C20H23BrN2O3S/c1-15(16-7-3-2-4-8-16)22-20(24)19-9-5-6-14-23(19)27(25,26)18-12-10-17(21)11-13-18/h2-4,7-8,10-13,15,19H,5-6,9,14H2,1H3,(H,22,24). The number of sulfonamides is 1. The van der Waals surface area contributed by atoms with Crippen molar-refractivity contribution in [3.63, 3.8) is 0 Å². The van der Waals surface area contributed by atoms with Gasteiger partial charge in [0, 0.05) is 11.0 Å². The number of rotatable bonds is 5. The third-order valence-electron chi connectivity index (χ3n) is 4.83. The van der Waals surface area contributed by atoms with Gasteiger partial charge in [-0.15, -0.1) is 0 Å². The first-order valence-corrected chi connectivity index (χ1v) is 11.3. The molecule has 1 saturated heterocycles. The highest BCUT2D eigenvalue weighted by molar-refractivity contribution is 9.10. The molecule has 1 heterocycles. The molecule has 2 aromatic rings. The average Bonchev–Trinajstić information content (AvgIpc) is 2.69. The number of nitrogens with zero attached hydrogens (tertiary/aromatic N) is 1. The highest BCUT2D eigenvalue weighted by atomic mass is 79.9. The Balaban J connectivity index is 1.80. The molecular weight excluding hydrogens is 428 g/mol. The lowest BCUT2D eigenvalue weighted by Gasteiger charge is -2.34. The SMILES string of the molecule is CC(NC(=O)C1CCCCN1S(=O)(=O)c1ccc(Br)cc1)c1ccccc1. The second kappa shape index (κ2) is 8.54. The van der Waals surface area contributed by atoms with Crippen molar-refractivity contribution in [1.82, 2.24) is 9.62 Å². The smallest absolute Gasteiger partial charge is 0.243 e. The number of nitrogens with one attached hydrogen (secondary N) is 1. The first kappa shape index (κ1) is 20.0. The molecule has 1 aliphatic heterocycles. The minimum Gasteiger partial charge on any atom is -0.348 e. The molecule has 5 nitrogen and oxygen atoms in total. The maximum atomic E-state index is 13.1. The van der Waals surface area contributed by atoms with Crippen LogP contribution in [0.25, 0.3) is 0 Å². The number of halogens is 1. The van der Waals surface area contributed by atoms with E-state index >= 15 is 0 Å². The minimum absolute atomic E-state index is 0.183. The van der Waals surface area contributed by atoms with Crippen molar-refractivity contribution in [3.8, 4) is 0 Å². The van der Waals surface area contributed by atoms with Gasteiger partial charge in [-0.1, -0.05) is 52.7 Å². The Morgan fingerprint density at radius 2 is 1.78 bits per heavy atom. The Labute approximate surface area is 169 Å². The predicted octanol–water partition coefficient (Wildman–Crippen LogP) is 3.87. The lowest BCUT2D eigenvalue weighted by molar-refractivity contribution is -0.126. The van der Waals surface area contributed by atoms with Gasteiger partial charge in [-0.3, -0.25) is 4.79 Å². The Kier molecular flexibility index (Phi) is 6.34. The van der Waals surface area contributed by atoms with Gasteiger partial charge >= 0.3 is 0 Å². The van der Waals surface area contributed by atoms with Crippen LogP contribution in [0, 0.1) is 0 Å². The first-order chi connectivity index (χ1) is 12.9. The summed E-state index contributed by atoms with van der Waals surface area (Å²) >= 11 is 3.32. The van der Waals surface area contributed by atoms with Crippen LogP contribution in [0.15, 0.2) is 64.0 Å². The van der Waals surface area contributed by atoms with Crippen LogP contribution in [0.3, 0.4) is 0 Å². The third kappa shape index (κ3) is 4.59. The molecule has 144 valence electrons. The zero-order valence-corrected chi connectivity index (χ0v) is 17.5. The van der Waals surface area contributed by atoms with Crippen molar-refractivity contribution in [2.45, 2.75) is 43.2 Å². The zero-order chi connectivity index (χ0) is 19.4. The van der Waals surface area contributed by atoms with E-state index in [4.69, 9.17) is 0 Å². The Bertz CT molecular complexity index is 885. The van der Waals surface area contributed by atoms with Crippen LogP contribution in [-0.4, -0.2) is 31.2 Å². The van der Waals surface area contributed by atoms with Gasteiger partial charge in [0.15, 0.2) is 0 Å². The van der Waals surface area contributed by atoms with Crippen LogP contribution in [0.1, 0.15) is 37.8 Å². The van der Waals surface area contributed by atoms with E-state index in [1.54, 1.807) is 24.3 Å². The van der Waals surface area contributed by atoms with E-state index in [-0.39, 0.29) is 16.8 Å². The molecule has 1 amide bonds. The highest BCUT2D eigenvalue weighted by Crippen LogP contribution is 2.27. The lowest BCUT2D eigenvalue weighted by Crippen LogP contribution is -2.52. The van der Waals surface area contributed by atoms with E-state index < -0.39 is 16.1 Å². The second-order valence-electron chi connectivity index (χ2n) is 6.72. The van der Waals surface area contributed by atoms with Crippen molar-refractivity contribution in [1.29, 1.82) is 0 Å². The monoisotopic (exact) mass is 450 g/mol. The van der Waals surface area contributed by atoms with Crippen LogP contribution >= 0.6 is 15.9 Å². The van der Waals surface area contributed by atoms with E-state index in [1.807, 2.05) is 37.3 Å². The van der Waals surface area contributed by atoms with Crippen molar-refractivity contribution < 1.29 is 13.2 Å². The minimum atomic E-state index is -3.72. The Morgan fingerprint density at radius 1 is 1.11 bits per heavy atom. The van der Waals surface area contributed by atoms with Gasteiger partial charge in [0.2, 0.25) is 15.9 Å². The summed E-state index contributed by atoms with van der Waals surface area (Å²) in [5, 5.41) is 2.98. The summed E-state index contributed by atoms with van der Waals surface area (Å²) in [5.41, 5.74) is 0.990. The summed E-state index contributed by atoms with van der Waals surface area (Å²) in [6, 6.07) is 15.3. The molecule has 3 rings (SSSR count). The number of piperidine rings is 1. The van der Waals surface area contributed by atoms with Crippen molar-refractivity contribution in [3.05, 3.63) is 64.6 Å². The van der Waals surface area contributed by atoms with Crippen LogP contribution in [0.4, 0.5) is 0 Å². The molecule has 0 saturated carbocycles. The van der Waals surface area contributed by atoms with Gasteiger partial charge in [0.1, 0.15) is 6.04 Å². The van der Waals surface area contributed by atoms with Gasteiger partial charge in [-0.2, -0.15) is 4.31 Å². The number of hydrogen-bond acceptors (Lipinski definition) is 3. The van der Waals surface area contributed by atoms with Crippen LogP contribution in [0.5, 0.6) is 0 Å². The summed E-state index contributed by atoms with van der Waals surface area (Å²) in [6.07, 6.45) is 2.13. The summed E-state index contributed by atoms with van der Waals surface area (Å²) in [7, 11) is -3.72. The maximum Gasteiger partial charge on any atom is 0.243 e. The Morgan fingerprint density at radius 3 is 2.44 bits per heavy atom. The molecule has 0 aliphatic carbocycles. The third-order valence-corrected chi connectivity index (χ3v) is 7.29. The van der Waals surface area contributed by atoms with Crippen molar-refractivity contribution in [2.75, 3.05) is 6.54 Å². The number of benzene rings is 2. The van der Waals surface area contributed by atoms with Gasteiger partial charge in [-0.25, -0.2) is 8.42 Å². The van der Waals surface area contributed by atoms with Gasteiger partial charge in [-0.05, 0) is 49.6 Å². The fourth-order valence-electron chi connectivity index (χ4n) is 3.33. The molecule has 0 radical (unpaired) electrons. The molecular formula is C20H23BrN2O3S. The van der Waals surface area contributed by atoms with E-state index in [0.717, 1.165) is 22.9 Å². The average molecular weight is 451 g/mol. The van der Waals surface area contributed by atoms with Gasteiger partial charge < -0.3 is 5.32 Å². The molecule has 0 aromatic heterocycles. The van der Waals surface area contributed by atoms with E-state index in [0.29, 0.717) is 13.0 Å². The number of carbonyl (C=O) groups is 1. The highest BCUT2D eigenvalue weighted by Gasteiger charge is 2.37.